The van der Waals surface area contributed by atoms with Crippen LogP contribution in [0.15, 0.2) is 85.5 Å². The number of ether oxygens (including phenoxy) is 5. The highest BCUT2D eigenvalue weighted by molar-refractivity contribution is 5.91. The van der Waals surface area contributed by atoms with E-state index in [1.165, 1.54) is 0 Å². The van der Waals surface area contributed by atoms with Gasteiger partial charge in [-0.25, -0.2) is 9.59 Å². The van der Waals surface area contributed by atoms with Gasteiger partial charge in [-0.3, -0.25) is 0 Å². The van der Waals surface area contributed by atoms with E-state index in [2.05, 4.69) is 12.6 Å². The molecule has 0 aliphatic carbocycles. The molecule has 0 spiro atoms. The molecule has 3 rings (SSSR count). The minimum Gasteiger partial charge on any atom is -0.491 e. The summed E-state index contributed by atoms with van der Waals surface area (Å²) in [6.45, 7) is 5.24. The number of carbonyl (C=O) groups excluding carboxylic acids is 2. The highest BCUT2D eigenvalue weighted by Gasteiger charge is 2.09. The second-order valence-electron chi connectivity index (χ2n) is 7.57. The molecule has 3 aromatic rings. The molecule has 0 saturated heterocycles. The Labute approximate surface area is 215 Å². The van der Waals surface area contributed by atoms with Crippen LogP contribution in [-0.2, 0) is 19.0 Å². The molecule has 0 aliphatic rings. The quantitative estimate of drug-likeness (QED) is 0.137. The third kappa shape index (κ3) is 9.26. The lowest BCUT2D eigenvalue weighted by atomic mass is 10.0. The van der Waals surface area contributed by atoms with E-state index in [4.69, 9.17) is 28.9 Å². The maximum atomic E-state index is 12.5. The molecular formula is C29H27NO7. The lowest BCUT2D eigenvalue weighted by Gasteiger charge is -2.09. The van der Waals surface area contributed by atoms with Crippen molar-refractivity contribution in [1.82, 2.24) is 0 Å². The second-order valence-corrected chi connectivity index (χ2v) is 7.57. The normalized spacial score (nSPS) is 10.2. The van der Waals surface area contributed by atoms with Crippen LogP contribution in [0.4, 0.5) is 0 Å². The van der Waals surface area contributed by atoms with Crippen molar-refractivity contribution in [3.63, 3.8) is 0 Å². The summed E-state index contributed by atoms with van der Waals surface area (Å²) < 4.78 is 26.5. The monoisotopic (exact) mass is 501 g/mol. The first-order chi connectivity index (χ1) is 18.1. The molecular weight excluding hydrogens is 474 g/mol. The highest BCUT2D eigenvalue weighted by atomic mass is 16.6. The fourth-order valence-electron chi connectivity index (χ4n) is 3.11. The molecule has 0 saturated carbocycles. The van der Waals surface area contributed by atoms with Gasteiger partial charge in [0.2, 0.25) is 0 Å². The van der Waals surface area contributed by atoms with Crippen LogP contribution < -0.4 is 9.47 Å². The van der Waals surface area contributed by atoms with Gasteiger partial charge < -0.3 is 23.7 Å². The molecule has 0 bridgehead atoms. The number of carbonyl (C=O) groups is 2. The molecule has 8 heteroatoms. The van der Waals surface area contributed by atoms with Gasteiger partial charge in [-0.2, -0.15) is 5.26 Å². The Bertz CT molecular complexity index is 1200. The number of nitriles is 1. The van der Waals surface area contributed by atoms with Crippen LogP contribution >= 0.6 is 0 Å². The van der Waals surface area contributed by atoms with Gasteiger partial charge in [0.15, 0.2) is 0 Å². The zero-order chi connectivity index (χ0) is 26.3. The third-order valence-electron chi connectivity index (χ3n) is 5.01. The minimum atomic E-state index is -0.478. The SMILES string of the molecule is C=CC(=O)OCCOCCOCCOc1ccc(C(=O)Oc2ccc(-c3ccc(C#N)cc3)cc2)cc1. The van der Waals surface area contributed by atoms with Gasteiger partial charge in [-0.15, -0.1) is 0 Å². The maximum Gasteiger partial charge on any atom is 0.343 e. The Morgan fingerprint density at radius 3 is 1.86 bits per heavy atom. The molecule has 8 nitrogen and oxygen atoms in total. The average molecular weight is 502 g/mol. The van der Waals surface area contributed by atoms with E-state index in [1.807, 2.05) is 24.3 Å². The molecule has 190 valence electrons. The molecule has 0 radical (unpaired) electrons. The summed E-state index contributed by atoms with van der Waals surface area (Å²) in [5, 5.41) is 8.91. The van der Waals surface area contributed by atoms with Crippen LogP contribution in [0.3, 0.4) is 0 Å². The molecule has 0 aromatic heterocycles. The standard InChI is InChI=1S/C29H27NO7/c1-2-28(31)36-20-18-34-16-15-33-17-19-35-26-11-9-25(10-12-26)29(32)37-27-13-7-24(8-14-27)23-5-3-22(21-30)4-6-23/h2-14H,1,15-20H2. The number of hydrogen-bond donors (Lipinski definition) is 0. The predicted molar refractivity (Wildman–Crippen MR) is 136 cm³/mol. The summed E-state index contributed by atoms with van der Waals surface area (Å²) in [6.07, 6.45) is 1.10. The predicted octanol–water partition coefficient (Wildman–Crippen LogP) is 4.59. The number of esters is 2. The lowest BCUT2D eigenvalue weighted by Crippen LogP contribution is -2.13. The molecule has 0 unspecified atom stereocenters. The Kier molecular flexibility index (Phi) is 10.9. The fourth-order valence-corrected chi connectivity index (χ4v) is 3.11. The zero-order valence-electron chi connectivity index (χ0n) is 20.3. The minimum absolute atomic E-state index is 0.170. The Balaban J connectivity index is 1.33. The molecule has 0 aliphatic heterocycles. The Hall–Kier alpha value is -4.45. The van der Waals surface area contributed by atoms with Crippen molar-refractivity contribution >= 4 is 11.9 Å². The van der Waals surface area contributed by atoms with E-state index in [1.54, 1.807) is 48.5 Å². The summed E-state index contributed by atoms with van der Waals surface area (Å²) >= 11 is 0. The molecule has 37 heavy (non-hydrogen) atoms. The van der Waals surface area contributed by atoms with E-state index >= 15 is 0 Å². The van der Waals surface area contributed by atoms with Crippen LogP contribution in [0.25, 0.3) is 11.1 Å². The number of benzene rings is 3. The van der Waals surface area contributed by atoms with Crippen molar-refractivity contribution in [2.24, 2.45) is 0 Å². The maximum absolute atomic E-state index is 12.5. The zero-order valence-corrected chi connectivity index (χ0v) is 20.3. The molecule has 0 amide bonds. The van der Waals surface area contributed by atoms with E-state index in [0.29, 0.717) is 49.1 Å². The van der Waals surface area contributed by atoms with Crippen LogP contribution in [-0.4, -0.2) is 51.6 Å². The number of rotatable bonds is 14. The van der Waals surface area contributed by atoms with Gasteiger partial charge in [0, 0.05) is 6.08 Å². The first-order valence-electron chi connectivity index (χ1n) is 11.6. The summed E-state index contributed by atoms with van der Waals surface area (Å²) in [7, 11) is 0. The smallest absolute Gasteiger partial charge is 0.343 e. The van der Waals surface area contributed by atoms with Crippen molar-refractivity contribution in [2.45, 2.75) is 0 Å². The van der Waals surface area contributed by atoms with Gasteiger partial charge in [0.25, 0.3) is 0 Å². The topological polar surface area (TPSA) is 104 Å². The first-order valence-corrected chi connectivity index (χ1v) is 11.6. The molecule has 0 N–H and O–H groups in total. The summed E-state index contributed by atoms with van der Waals surface area (Å²) in [6, 6.07) is 23.2. The Morgan fingerprint density at radius 1 is 0.730 bits per heavy atom. The van der Waals surface area contributed by atoms with Gasteiger partial charge in [0.05, 0.1) is 43.6 Å². The van der Waals surface area contributed by atoms with Gasteiger partial charge in [0.1, 0.15) is 24.7 Å². The summed E-state index contributed by atoms with van der Waals surface area (Å²) in [5.74, 6) is 0.0858. The van der Waals surface area contributed by atoms with Crippen LogP contribution in [0, 0.1) is 11.3 Å². The van der Waals surface area contributed by atoms with E-state index in [-0.39, 0.29) is 13.2 Å². The van der Waals surface area contributed by atoms with Crippen LogP contribution in [0.5, 0.6) is 11.5 Å². The van der Waals surface area contributed by atoms with Crippen LogP contribution in [0.1, 0.15) is 15.9 Å². The lowest BCUT2D eigenvalue weighted by molar-refractivity contribution is -0.139. The van der Waals surface area contributed by atoms with Crippen molar-refractivity contribution in [3.8, 4) is 28.7 Å². The molecule has 0 atom stereocenters. The number of nitrogens with zero attached hydrogens (tertiary/aromatic N) is 1. The molecule has 0 heterocycles. The van der Waals surface area contributed by atoms with Crippen molar-refractivity contribution < 1.29 is 33.3 Å². The fraction of sp³-hybridized carbons (Fsp3) is 0.207. The van der Waals surface area contributed by atoms with Gasteiger partial charge >= 0.3 is 11.9 Å². The average Bonchev–Trinajstić information content (AvgIpc) is 2.94. The van der Waals surface area contributed by atoms with Crippen molar-refractivity contribution in [2.75, 3.05) is 39.6 Å². The molecule has 0 fully saturated rings. The van der Waals surface area contributed by atoms with E-state index < -0.39 is 11.9 Å². The molecule has 3 aromatic carbocycles. The van der Waals surface area contributed by atoms with E-state index in [9.17, 15) is 9.59 Å². The largest absolute Gasteiger partial charge is 0.491 e. The third-order valence-corrected chi connectivity index (χ3v) is 5.01. The summed E-state index contributed by atoms with van der Waals surface area (Å²) in [4.78, 5) is 23.3. The first kappa shape index (κ1) is 27.1. The number of hydrogen-bond acceptors (Lipinski definition) is 8. The Morgan fingerprint density at radius 2 is 1.27 bits per heavy atom. The van der Waals surface area contributed by atoms with Crippen molar-refractivity contribution in [1.29, 1.82) is 5.26 Å². The highest BCUT2D eigenvalue weighted by Crippen LogP contribution is 2.23. The van der Waals surface area contributed by atoms with Gasteiger partial charge in [-0.05, 0) is 59.7 Å². The van der Waals surface area contributed by atoms with Crippen LogP contribution in [0.2, 0.25) is 0 Å². The second kappa shape index (κ2) is 14.8. The van der Waals surface area contributed by atoms with Gasteiger partial charge in [-0.1, -0.05) is 30.8 Å². The summed E-state index contributed by atoms with van der Waals surface area (Å²) in [5.41, 5.74) is 2.92. The van der Waals surface area contributed by atoms with Crippen molar-refractivity contribution in [3.05, 3.63) is 96.6 Å². The van der Waals surface area contributed by atoms with E-state index in [0.717, 1.165) is 17.2 Å².